The lowest BCUT2D eigenvalue weighted by Crippen LogP contribution is -2.15. The van der Waals surface area contributed by atoms with Crippen molar-refractivity contribution in [2.75, 3.05) is 18.2 Å². The summed E-state index contributed by atoms with van der Waals surface area (Å²) >= 11 is 7.32. The molecule has 1 aromatic heterocycles. The van der Waals surface area contributed by atoms with Crippen molar-refractivity contribution in [2.24, 2.45) is 0 Å². The van der Waals surface area contributed by atoms with Crippen LogP contribution < -0.4 is 5.32 Å². The zero-order valence-electron chi connectivity index (χ0n) is 15.3. The van der Waals surface area contributed by atoms with E-state index in [0.717, 1.165) is 16.4 Å². The minimum Gasteiger partial charge on any atom is -0.465 e. The predicted octanol–water partition coefficient (Wildman–Crippen LogP) is 4.35. The highest BCUT2D eigenvalue weighted by molar-refractivity contribution is 7.99. The number of hydrogen-bond acceptors (Lipinski definition) is 5. The number of para-hydroxylation sites is 1. The molecule has 6 nitrogen and oxygen atoms in total. The number of nitrogens with zero attached hydrogens (tertiary/aromatic N) is 2. The second kappa shape index (κ2) is 8.95. The molecule has 0 unspecified atom stereocenters. The van der Waals surface area contributed by atoms with E-state index in [2.05, 4.69) is 15.0 Å². The zero-order chi connectivity index (χ0) is 20.1. The molecule has 0 aliphatic rings. The number of benzene rings is 2. The summed E-state index contributed by atoms with van der Waals surface area (Å²) in [6.45, 7) is 2.02. The molecule has 3 aromatic rings. The molecule has 144 valence electrons. The lowest BCUT2D eigenvalue weighted by Gasteiger charge is -2.11. The molecule has 0 fully saturated rings. The number of aryl methyl sites for hydroxylation is 1. The number of ether oxygens (including phenoxy) is 1. The first-order valence-corrected chi connectivity index (χ1v) is 9.76. The molecule has 2 aromatic carbocycles. The number of carbonyl (C=O) groups is 2. The van der Waals surface area contributed by atoms with Crippen LogP contribution in [-0.4, -0.2) is 34.3 Å². The van der Waals surface area contributed by atoms with E-state index in [-0.39, 0.29) is 22.2 Å². The Bertz CT molecular complexity index is 1020. The topological polar surface area (TPSA) is 73.2 Å². The van der Waals surface area contributed by atoms with Gasteiger partial charge in [0, 0.05) is 18.1 Å². The summed E-state index contributed by atoms with van der Waals surface area (Å²) in [5.74, 6) is -0.614. The fraction of sp³-hybridized carbons (Fsp3) is 0.150. The molecular formula is C20H18ClN3O3S. The Hall–Kier alpha value is -2.77. The van der Waals surface area contributed by atoms with Gasteiger partial charge >= 0.3 is 5.97 Å². The quantitative estimate of drug-likeness (QED) is 0.478. The van der Waals surface area contributed by atoms with Crippen LogP contribution in [-0.2, 0) is 9.53 Å². The Balaban J connectivity index is 1.67. The van der Waals surface area contributed by atoms with Gasteiger partial charge < -0.3 is 10.1 Å². The predicted molar refractivity (Wildman–Crippen MR) is 110 cm³/mol. The van der Waals surface area contributed by atoms with Gasteiger partial charge in [-0.1, -0.05) is 41.6 Å². The van der Waals surface area contributed by atoms with Crippen LogP contribution in [0.2, 0.25) is 5.02 Å². The van der Waals surface area contributed by atoms with Crippen molar-refractivity contribution >= 4 is 40.9 Å². The van der Waals surface area contributed by atoms with E-state index in [1.807, 2.05) is 42.0 Å². The van der Waals surface area contributed by atoms with Crippen LogP contribution in [0, 0.1) is 6.92 Å². The molecule has 3 rings (SSSR count). The van der Waals surface area contributed by atoms with E-state index in [1.165, 1.54) is 24.9 Å². The Morgan fingerprint density at radius 2 is 2.04 bits per heavy atom. The summed E-state index contributed by atoms with van der Waals surface area (Å²) in [5.41, 5.74) is 2.80. The summed E-state index contributed by atoms with van der Waals surface area (Å²) in [4.78, 5) is 28.4. The first-order valence-electron chi connectivity index (χ1n) is 8.39. The van der Waals surface area contributed by atoms with Crippen LogP contribution in [0.25, 0.3) is 5.69 Å². The van der Waals surface area contributed by atoms with E-state index >= 15 is 0 Å². The second-order valence-electron chi connectivity index (χ2n) is 5.89. The maximum absolute atomic E-state index is 12.3. The van der Waals surface area contributed by atoms with E-state index < -0.39 is 5.97 Å². The highest BCUT2D eigenvalue weighted by atomic mass is 35.5. The van der Waals surface area contributed by atoms with Crippen LogP contribution in [0.3, 0.4) is 0 Å². The number of esters is 1. The van der Waals surface area contributed by atoms with Crippen LogP contribution >= 0.6 is 23.4 Å². The summed E-state index contributed by atoms with van der Waals surface area (Å²) < 4.78 is 6.64. The number of anilines is 1. The number of aromatic nitrogens is 2. The van der Waals surface area contributed by atoms with Gasteiger partial charge in [-0.15, -0.1) is 0 Å². The van der Waals surface area contributed by atoms with Gasteiger partial charge in [0.05, 0.1) is 29.1 Å². The fourth-order valence-electron chi connectivity index (χ4n) is 2.61. The lowest BCUT2D eigenvalue weighted by molar-refractivity contribution is -0.113. The average Bonchev–Trinajstić information content (AvgIpc) is 3.16. The Morgan fingerprint density at radius 1 is 1.25 bits per heavy atom. The Kier molecular flexibility index (Phi) is 6.38. The number of hydrogen-bond donors (Lipinski definition) is 1. The second-order valence-corrected chi connectivity index (χ2v) is 7.24. The van der Waals surface area contributed by atoms with Gasteiger partial charge in [0.25, 0.3) is 0 Å². The molecule has 0 radical (unpaired) electrons. The minimum absolute atomic E-state index is 0.166. The van der Waals surface area contributed by atoms with E-state index in [9.17, 15) is 9.59 Å². The number of amides is 1. The van der Waals surface area contributed by atoms with Gasteiger partial charge in [-0.2, -0.15) is 0 Å². The SMILES string of the molecule is COC(=O)c1cc(NC(=O)CSc2nccn2-c2ccccc2C)ccc1Cl. The summed E-state index contributed by atoms with van der Waals surface area (Å²) in [6, 6.07) is 12.6. The molecule has 0 aliphatic carbocycles. The molecule has 0 saturated heterocycles. The smallest absolute Gasteiger partial charge is 0.339 e. The third kappa shape index (κ3) is 4.55. The largest absolute Gasteiger partial charge is 0.465 e. The number of methoxy groups -OCH3 is 1. The molecule has 0 aliphatic heterocycles. The molecule has 0 spiro atoms. The molecular weight excluding hydrogens is 398 g/mol. The monoisotopic (exact) mass is 415 g/mol. The molecule has 1 N–H and O–H groups in total. The van der Waals surface area contributed by atoms with Gasteiger partial charge in [-0.25, -0.2) is 9.78 Å². The number of rotatable bonds is 6. The Morgan fingerprint density at radius 3 is 2.79 bits per heavy atom. The fourth-order valence-corrected chi connectivity index (χ4v) is 3.57. The van der Waals surface area contributed by atoms with Crippen LogP contribution in [0.15, 0.2) is 60.0 Å². The first kappa shape index (κ1) is 20.0. The third-order valence-electron chi connectivity index (χ3n) is 3.97. The lowest BCUT2D eigenvalue weighted by atomic mass is 10.2. The summed E-state index contributed by atoms with van der Waals surface area (Å²) in [6.07, 6.45) is 3.57. The Labute approximate surface area is 171 Å². The van der Waals surface area contributed by atoms with Gasteiger partial charge in [-0.05, 0) is 36.8 Å². The van der Waals surface area contributed by atoms with Crippen molar-refractivity contribution in [3.63, 3.8) is 0 Å². The molecule has 0 atom stereocenters. The zero-order valence-corrected chi connectivity index (χ0v) is 16.9. The molecule has 1 amide bonds. The molecule has 1 heterocycles. The van der Waals surface area contributed by atoms with Gasteiger partial charge in [0.1, 0.15) is 0 Å². The highest BCUT2D eigenvalue weighted by Crippen LogP contribution is 2.24. The van der Waals surface area contributed by atoms with Gasteiger partial charge in [0.2, 0.25) is 5.91 Å². The van der Waals surface area contributed by atoms with Crippen molar-refractivity contribution in [1.82, 2.24) is 9.55 Å². The van der Waals surface area contributed by atoms with Crippen molar-refractivity contribution in [2.45, 2.75) is 12.1 Å². The van der Waals surface area contributed by atoms with Crippen LogP contribution in [0.4, 0.5) is 5.69 Å². The van der Waals surface area contributed by atoms with Crippen molar-refractivity contribution < 1.29 is 14.3 Å². The molecule has 8 heteroatoms. The number of nitrogens with one attached hydrogen (secondary N) is 1. The van der Waals surface area contributed by atoms with Crippen LogP contribution in [0.5, 0.6) is 0 Å². The summed E-state index contributed by atoms with van der Waals surface area (Å²) in [5, 5.41) is 3.74. The van der Waals surface area contributed by atoms with E-state index in [1.54, 1.807) is 18.3 Å². The highest BCUT2D eigenvalue weighted by Gasteiger charge is 2.14. The van der Waals surface area contributed by atoms with Crippen LogP contribution in [0.1, 0.15) is 15.9 Å². The maximum atomic E-state index is 12.3. The molecule has 28 heavy (non-hydrogen) atoms. The van der Waals surface area contributed by atoms with E-state index in [0.29, 0.717) is 5.69 Å². The molecule has 0 bridgehead atoms. The van der Waals surface area contributed by atoms with Gasteiger partial charge in [0.15, 0.2) is 5.16 Å². The number of halogens is 1. The van der Waals surface area contributed by atoms with Crippen molar-refractivity contribution in [3.05, 3.63) is 71.0 Å². The average molecular weight is 416 g/mol. The third-order valence-corrected chi connectivity index (χ3v) is 5.27. The van der Waals surface area contributed by atoms with Crippen molar-refractivity contribution in [1.29, 1.82) is 0 Å². The summed E-state index contributed by atoms with van der Waals surface area (Å²) in [7, 11) is 1.27. The number of imidazole rings is 1. The number of thioether (sulfide) groups is 1. The van der Waals surface area contributed by atoms with Gasteiger partial charge in [-0.3, -0.25) is 9.36 Å². The minimum atomic E-state index is -0.560. The maximum Gasteiger partial charge on any atom is 0.339 e. The molecule has 0 saturated carbocycles. The first-order chi connectivity index (χ1) is 13.5. The van der Waals surface area contributed by atoms with Crippen molar-refractivity contribution in [3.8, 4) is 5.69 Å². The number of carbonyl (C=O) groups excluding carboxylic acids is 2. The standard InChI is InChI=1S/C20H18ClN3O3S/c1-13-5-3-4-6-17(13)24-10-9-22-20(24)28-12-18(25)23-14-7-8-16(21)15(11-14)19(26)27-2/h3-11H,12H2,1-2H3,(H,23,25). The van der Waals surface area contributed by atoms with E-state index in [4.69, 9.17) is 11.6 Å². The normalized spacial score (nSPS) is 10.5.